The van der Waals surface area contributed by atoms with E-state index in [1.54, 1.807) is 0 Å². The van der Waals surface area contributed by atoms with E-state index in [0.717, 1.165) is 17.1 Å². The van der Waals surface area contributed by atoms with Crippen molar-refractivity contribution in [1.82, 2.24) is 4.57 Å². The van der Waals surface area contributed by atoms with Crippen molar-refractivity contribution in [3.8, 4) is 27.9 Å². The number of hydrogen-bond donors (Lipinski definition) is 0. The number of thiophene rings is 1. The molecule has 1 atom stereocenters. The van der Waals surface area contributed by atoms with E-state index in [0.29, 0.717) is 0 Å². The van der Waals surface area contributed by atoms with E-state index in [-0.39, 0.29) is 0 Å². The summed E-state index contributed by atoms with van der Waals surface area (Å²) in [6.45, 7) is 0. The predicted octanol–water partition coefficient (Wildman–Crippen LogP) is 15.0. The average Bonchev–Trinajstić information content (AvgIpc) is 3.93. The molecule has 1 aliphatic heterocycles. The van der Waals surface area contributed by atoms with E-state index in [2.05, 4.69) is 216 Å². The molecule has 1 spiro atoms. The first-order valence-electron chi connectivity index (χ1n) is 20.0. The molecule has 1 aliphatic carbocycles. The highest BCUT2D eigenvalue weighted by Crippen LogP contribution is 2.61. The van der Waals surface area contributed by atoms with Crippen molar-refractivity contribution in [3.63, 3.8) is 0 Å². The van der Waals surface area contributed by atoms with Gasteiger partial charge in [0, 0.05) is 48.0 Å². The molecule has 270 valence electrons. The lowest BCUT2D eigenvalue weighted by Gasteiger charge is -2.39. The number of rotatable bonds is 4. The van der Waals surface area contributed by atoms with Gasteiger partial charge in [0.25, 0.3) is 0 Å². The number of benzene rings is 9. The number of anilines is 3. The highest BCUT2D eigenvalue weighted by atomic mass is 32.1. The van der Waals surface area contributed by atoms with Crippen LogP contribution in [-0.4, -0.2) is 4.57 Å². The van der Waals surface area contributed by atoms with Crippen LogP contribution in [0.25, 0.3) is 69.9 Å². The molecule has 3 heteroatoms. The smallest absolute Gasteiger partial charge is 0.0754 e. The summed E-state index contributed by atoms with van der Waals surface area (Å²) >= 11 is 1.86. The number of hydrogen-bond acceptors (Lipinski definition) is 2. The SMILES string of the molecule is c1ccc(N(c2cccc(-c3ccc4c(c3)C3(c5ccccc5-4)c4ccccc4-n4c5ccccc5c5cccc3c54)c2)c2ccc3c(c2)sc2ccccc23)cc1. The zero-order valence-electron chi connectivity index (χ0n) is 31.4. The third kappa shape index (κ3) is 4.21. The van der Waals surface area contributed by atoms with Gasteiger partial charge in [0.15, 0.2) is 0 Å². The van der Waals surface area contributed by atoms with Crippen LogP contribution in [0.15, 0.2) is 206 Å². The van der Waals surface area contributed by atoms with Crippen molar-refractivity contribution in [2.24, 2.45) is 0 Å². The molecule has 13 rings (SSSR count). The number of aromatic nitrogens is 1. The van der Waals surface area contributed by atoms with Crippen molar-refractivity contribution < 1.29 is 0 Å². The van der Waals surface area contributed by atoms with Crippen LogP contribution in [-0.2, 0) is 5.41 Å². The van der Waals surface area contributed by atoms with Crippen molar-refractivity contribution in [1.29, 1.82) is 0 Å². The molecule has 2 aromatic heterocycles. The molecule has 0 radical (unpaired) electrons. The van der Waals surface area contributed by atoms with E-state index >= 15 is 0 Å². The van der Waals surface area contributed by atoms with Crippen LogP contribution in [0.5, 0.6) is 0 Å². The lowest BCUT2D eigenvalue weighted by Crippen LogP contribution is -2.33. The van der Waals surface area contributed by atoms with Crippen LogP contribution >= 0.6 is 11.3 Å². The van der Waals surface area contributed by atoms with Crippen LogP contribution in [0.4, 0.5) is 17.1 Å². The van der Waals surface area contributed by atoms with Crippen molar-refractivity contribution in [2.45, 2.75) is 5.41 Å². The van der Waals surface area contributed by atoms with Crippen LogP contribution in [0.2, 0.25) is 0 Å². The van der Waals surface area contributed by atoms with Gasteiger partial charge < -0.3 is 9.47 Å². The third-order valence-corrected chi connectivity index (χ3v) is 13.9. The summed E-state index contributed by atoms with van der Waals surface area (Å²) in [6, 6.07) is 76.8. The lowest BCUT2D eigenvalue weighted by atomic mass is 9.65. The molecule has 2 nitrogen and oxygen atoms in total. The minimum Gasteiger partial charge on any atom is -0.310 e. The zero-order chi connectivity index (χ0) is 38.0. The Morgan fingerprint density at radius 2 is 1.03 bits per heavy atom. The maximum Gasteiger partial charge on any atom is 0.0754 e. The summed E-state index contributed by atoms with van der Waals surface area (Å²) in [7, 11) is 0. The van der Waals surface area contributed by atoms with Gasteiger partial charge in [-0.25, -0.2) is 0 Å². The maximum atomic E-state index is 2.52. The monoisotopic (exact) mass is 754 g/mol. The van der Waals surface area contributed by atoms with Crippen molar-refractivity contribution in [2.75, 3.05) is 4.90 Å². The van der Waals surface area contributed by atoms with Crippen LogP contribution in [0.1, 0.15) is 22.3 Å². The zero-order valence-corrected chi connectivity index (χ0v) is 32.2. The quantitative estimate of drug-likeness (QED) is 0.174. The predicted molar refractivity (Wildman–Crippen MR) is 245 cm³/mol. The summed E-state index contributed by atoms with van der Waals surface area (Å²) in [5.41, 5.74) is 17.0. The van der Waals surface area contributed by atoms with Gasteiger partial charge in [-0.05, 0) is 105 Å². The topological polar surface area (TPSA) is 8.17 Å². The normalized spacial score (nSPS) is 15.0. The average molecular weight is 755 g/mol. The first-order chi connectivity index (χ1) is 28.8. The number of nitrogens with zero attached hydrogens (tertiary/aromatic N) is 2. The Morgan fingerprint density at radius 3 is 1.97 bits per heavy atom. The van der Waals surface area contributed by atoms with Crippen molar-refractivity contribution in [3.05, 3.63) is 229 Å². The van der Waals surface area contributed by atoms with E-state index < -0.39 is 5.41 Å². The van der Waals surface area contributed by atoms with Crippen LogP contribution < -0.4 is 4.90 Å². The number of fused-ring (bicyclic) bond motifs is 15. The van der Waals surface area contributed by atoms with E-state index in [4.69, 9.17) is 0 Å². The van der Waals surface area contributed by atoms with Gasteiger partial charge in [-0.3, -0.25) is 0 Å². The molecule has 0 bridgehead atoms. The molecule has 58 heavy (non-hydrogen) atoms. The summed E-state index contributed by atoms with van der Waals surface area (Å²) < 4.78 is 5.13. The molecule has 3 heterocycles. The molecule has 0 amide bonds. The highest BCUT2D eigenvalue weighted by molar-refractivity contribution is 7.25. The first kappa shape index (κ1) is 31.9. The summed E-state index contributed by atoms with van der Waals surface area (Å²) in [6.07, 6.45) is 0. The second-order valence-corrected chi connectivity index (χ2v) is 16.7. The minimum atomic E-state index is -0.490. The van der Waals surface area contributed by atoms with Gasteiger partial charge in [0.05, 0.1) is 22.1 Å². The molecule has 0 saturated heterocycles. The van der Waals surface area contributed by atoms with E-state index in [1.807, 2.05) is 11.3 Å². The fourth-order valence-electron chi connectivity index (χ4n) is 10.4. The van der Waals surface area contributed by atoms with E-state index in [1.165, 1.54) is 92.2 Å². The molecule has 0 N–H and O–H groups in total. The fraction of sp³-hybridized carbons (Fsp3) is 0.0182. The molecule has 0 fully saturated rings. The van der Waals surface area contributed by atoms with Gasteiger partial charge in [0.1, 0.15) is 0 Å². The Labute approximate surface area is 340 Å². The van der Waals surface area contributed by atoms with Crippen molar-refractivity contribution >= 4 is 70.4 Å². The Kier molecular flexibility index (Phi) is 6.56. The summed E-state index contributed by atoms with van der Waals surface area (Å²) in [4.78, 5) is 2.40. The molecule has 1 unspecified atom stereocenters. The largest absolute Gasteiger partial charge is 0.310 e. The Hall–Kier alpha value is -7.20. The molecular weight excluding hydrogens is 721 g/mol. The Bertz CT molecular complexity index is 3480. The standard InChI is InChI=1S/C55H34N2S/c1-2-15-37(16-3-1)56(39-29-31-44-43-20-6-11-27-52(43)58-53(44)34-39)38-17-12-14-35(32-38)36-28-30-41-40-18-4-7-22-46(40)55(49(41)33-36)47-23-8-10-26-51(47)57-50-25-9-5-19-42(50)45-21-13-24-48(55)54(45)57/h1-34H. The minimum absolute atomic E-state index is 0.490. The second-order valence-electron chi connectivity index (χ2n) is 15.6. The number of para-hydroxylation sites is 4. The third-order valence-electron chi connectivity index (χ3n) is 12.8. The van der Waals surface area contributed by atoms with Gasteiger partial charge in [0.2, 0.25) is 0 Å². The van der Waals surface area contributed by atoms with Crippen LogP contribution in [0.3, 0.4) is 0 Å². The van der Waals surface area contributed by atoms with Gasteiger partial charge in [-0.2, -0.15) is 0 Å². The highest BCUT2D eigenvalue weighted by Gasteiger charge is 2.50. The molecule has 2 aliphatic rings. The Morgan fingerprint density at radius 1 is 0.379 bits per heavy atom. The molecular formula is C55H34N2S. The molecule has 0 saturated carbocycles. The molecule has 11 aromatic rings. The van der Waals surface area contributed by atoms with Gasteiger partial charge in [-0.15, -0.1) is 11.3 Å². The van der Waals surface area contributed by atoms with Crippen LogP contribution in [0, 0.1) is 0 Å². The van der Waals surface area contributed by atoms with Gasteiger partial charge >= 0.3 is 0 Å². The Balaban J connectivity index is 1.03. The first-order valence-corrected chi connectivity index (χ1v) is 20.8. The lowest BCUT2D eigenvalue weighted by molar-refractivity contribution is 0.749. The van der Waals surface area contributed by atoms with Gasteiger partial charge in [-0.1, -0.05) is 146 Å². The summed E-state index contributed by atoms with van der Waals surface area (Å²) in [5, 5.41) is 5.21. The van der Waals surface area contributed by atoms with E-state index in [9.17, 15) is 0 Å². The summed E-state index contributed by atoms with van der Waals surface area (Å²) in [5.74, 6) is 0. The fourth-order valence-corrected chi connectivity index (χ4v) is 11.6. The second kappa shape index (κ2) is 11.9. The maximum absolute atomic E-state index is 2.52. The molecule has 9 aromatic carbocycles.